The number of carboxylic acid groups (broad SMARTS) is 1. The molecule has 1 N–H and O–H groups in total. The van der Waals surface area contributed by atoms with Gasteiger partial charge in [-0.3, -0.25) is 4.57 Å². The molecule has 1 heterocycles. The molecule has 0 saturated carbocycles. The van der Waals surface area contributed by atoms with Crippen LogP contribution in [0.25, 0.3) is 0 Å². The predicted molar refractivity (Wildman–Crippen MR) is 128 cm³/mol. The van der Waals surface area contributed by atoms with Gasteiger partial charge in [0.15, 0.2) is 5.16 Å². The van der Waals surface area contributed by atoms with Gasteiger partial charge < -0.3 is 23.6 Å². The number of methoxy groups -OCH3 is 2. The molecule has 0 fully saturated rings. The van der Waals surface area contributed by atoms with Crippen molar-refractivity contribution in [2.75, 3.05) is 28.4 Å². The van der Waals surface area contributed by atoms with Crippen molar-refractivity contribution in [2.24, 2.45) is 0 Å². The summed E-state index contributed by atoms with van der Waals surface area (Å²) in [6.45, 7) is 0. The molecule has 0 aliphatic rings. The van der Waals surface area contributed by atoms with Gasteiger partial charge in [0.25, 0.3) is 0 Å². The molecule has 0 saturated heterocycles. The molecule has 1 aromatic heterocycles. The Kier molecular flexibility index (Phi) is 8.57. The van der Waals surface area contributed by atoms with Crippen LogP contribution in [-0.2, 0) is 20.0 Å². The summed E-state index contributed by atoms with van der Waals surface area (Å²) in [4.78, 5) is 20.9. The van der Waals surface area contributed by atoms with Crippen LogP contribution in [0.15, 0.2) is 52.5 Å². The first-order valence-corrected chi connectivity index (χ1v) is 12.5. The first kappa shape index (κ1) is 26.0. The van der Waals surface area contributed by atoms with E-state index in [1.807, 2.05) is 30.3 Å². The zero-order chi connectivity index (χ0) is 24.9. The van der Waals surface area contributed by atoms with E-state index in [0.29, 0.717) is 5.56 Å². The molecule has 3 aromatic rings. The molecule has 9 nitrogen and oxygen atoms in total. The minimum atomic E-state index is -3.83. The molecule has 0 atom stereocenters. The lowest BCUT2D eigenvalue weighted by Crippen LogP contribution is -2.18. The average molecular weight is 525 g/mol. The lowest BCUT2D eigenvalue weighted by atomic mass is 10.0. The molecule has 2 aromatic carbocycles. The standard InChI is InChI=1S/C22H22ClN2O7PS/c1-29-17-12-18(30-2)25-22(24-17)34-16-11-15(33(28,31-3)32-4)14(20(23)19(16)21(26)27)10-13-8-6-5-7-9-13/h5-9,11-12H,10H2,1-4H3,(H,26,27). The fraction of sp³-hybridized carbons (Fsp3) is 0.227. The van der Waals surface area contributed by atoms with Gasteiger partial charge in [-0.05, 0) is 35.4 Å². The van der Waals surface area contributed by atoms with Crippen LogP contribution >= 0.6 is 31.0 Å². The van der Waals surface area contributed by atoms with Crippen LogP contribution in [0, 0.1) is 0 Å². The molecule has 34 heavy (non-hydrogen) atoms. The zero-order valence-corrected chi connectivity index (χ0v) is 21.2. The van der Waals surface area contributed by atoms with Gasteiger partial charge in [-0.1, -0.05) is 41.9 Å². The normalized spacial score (nSPS) is 11.3. The third-order valence-corrected chi connectivity index (χ3v) is 8.07. The van der Waals surface area contributed by atoms with Crippen LogP contribution in [0.1, 0.15) is 21.5 Å². The quantitative estimate of drug-likeness (QED) is 0.295. The van der Waals surface area contributed by atoms with Crippen molar-refractivity contribution >= 4 is 42.2 Å². The van der Waals surface area contributed by atoms with Gasteiger partial charge in [-0.2, -0.15) is 9.97 Å². The van der Waals surface area contributed by atoms with Crippen molar-refractivity contribution in [2.45, 2.75) is 16.5 Å². The van der Waals surface area contributed by atoms with Crippen LogP contribution in [-0.4, -0.2) is 49.5 Å². The summed E-state index contributed by atoms with van der Waals surface area (Å²) in [5, 5.41) is 10.2. The number of hydrogen-bond acceptors (Lipinski definition) is 9. The molecule has 0 amide bonds. The molecule has 12 heteroatoms. The largest absolute Gasteiger partial charge is 0.481 e. The molecule has 0 aliphatic heterocycles. The number of carbonyl (C=O) groups is 1. The van der Waals surface area contributed by atoms with Crippen molar-refractivity contribution < 1.29 is 33.0 Å². The van der Waals surface area contributed by atoms with E-state index in [4.69, 9.17) is 30.1 Å². The highest BCUT2D eigenvalue weighted by molar-refractivity contribution is 7.99. The fourth-order valence-corrected chi connectivity index (χ4v) is 6.00. The Morgan fingerprint density at radius 2 is 1.62 bits per heavy atom. The SMILES string of the molecule is COc1cc(OC)nc(Sc2cc(P(=O)(OC)OC)c(Cc3ccccc3)c(Cl)c2C(=O)O)n1. The number of nitrogens with zero attached hydrogens (tertiary/aromatic N) is 2. The van der Waals surface area contributed by atoms with Crippen LogP contribution in [0.4, 0.5) is 0 Å². The van der Waals surface area contributed by atoms with Crippen LogP contribution in [0.5, 0.6) is 11.8 Å². The van der Waals surface area contributed by atoms with E-state index in [2.05, 4.69) is 9.97 Å². The summed E-state index contributed by atoms with van der Waals surface area (Å²) in [6, 6.07) is 12.1. The number of aromatic carboxylic acids is 1. The van der Waals surface area contributed by atoms with E-state index in [1.54, 1.807) is 0 Å². The maximum absolute atomic E-state index is 13.5. The zero-order valence-electron chi connectivity index (χ0n) is 18.8. The third kappa shape index (κ3) is 5.54. The van der Waals surface area contributed by atoms with Gasteiger partial charge >= 0.3 is 13.6 Å². The summed E-state index contributed by atoms with van der Waals surface area (Å²) in [5.74, 6) is -0.830. The highest BCUT2D eigenvalue weighted by Crippen LogP contribution is 2.49. The minimum Gasteiger partial charge on any atom is -0.481 e. The molecule has 0 spiro atoms. The van der Waals surface area contributed by atoms with Crippen LogP contribution < -0.4 is 14.8 Å². The highest BCUT2D eigenvalue weighted by Gasteiger charge is 2.33. The molecule has 0 radical (unpaired) electrons. The van der Waals surface area contributed by atoms with E-state index < -0.39 is 13.6 Å². The van der Waals surface area contributed by atoms with Gasteiger partial charge in [-0.15, -0.1) is 0 Å². The number of ether oxygens (including phenoxy) is 2. The summed E-state index contributed by atoms with van der Waals surface area (Å²) < 4.78 is 34.3. The average Bonchev–Trinajstić information content (AvgIpc) is 2.85. The number of carboxylic acids is 1. The topological polar surface area (TPSA) is 117 Å². The van der Waals surface area contributed by atoms with Crippen LogP contribution in [0.2, 0.25) is 5.02 Å². The smallest absolute Gasteiger partial charge is 0.361 e. The Morgan fingerprint density at radius 3 is 2.12 bits per heavy atom. The predicted octanol–water partition coefficient (Wildman–Crippen LogP) is 4.70. The van der Waals surface area contributed by atoms with Crippen molar-refractivity contribution in [1.29, 1.82) is 0 Å². The third-order valence-electron chi connectivity index (χ3n) is 4.80. The first-order chi connectivity index (χ1) is 16.3. The Morgan fingerprint density at radius 1 is 1.03 bits per heavy atom. The van der Waals surface area contributed by atoms with Gasteiger partial charge in [0.2, 0.25) is 11.8 Å². The van der Waals surface area contributed by atoms with E-state index in [0.717, 1.165) is 17.3 Å². The Bertz CT molecular complexity index is 1210. The highest BCUT2D eigenvalue weighted by atomic mass is 35.5. The van der Waals surface area contributed by atoms with Crippen molar-refractivity contribution in [3.63, 3.8) is 0 Å². The Hall–Kier alpha value is -2.62. The molecule has 3 rings (SSSR count). The van der Waals surface area contributed by atoms with E-state index in [1.165, 1.54) is 40.6 Å². The van der Waals surface area contributed by atoms with Gasteiger partial charge in [0.1, 0.15) is 0 Å². The molecule has 180 valence electrons. The molecule has 0 bridgehead atoms. The van der Waals surface area contributed by atoms with Crippen molar-refractivity contribution in [1.82, 2.24) is 9.97 Å². The van der Waals surface area contributed by atoms with E-state index >= 15 is 0 Å². The van der Waals surface area contributed by atoms with Gasteiger partial charge in [0.05, 0.1) is 36.2 Å². The molecule has 0 unspecified atom stereocenters. The number of aromatic nitrogens is 2. The summed E-state index contributed by atoms with van der Waals surface area (Å²) in [7, 11) is 1.53. The van der Waals surface area contributed by atoms with Gasteiger partial charge in [-0.25, -0.2) is 4.79 Å². The maximum Gasteiger partial charge on any atom is 0.361 e. The second-order valence-electron chi connectivity index (χ2n) is 6.73. The number of rotatable bonds is 10. The molecule has 0 aliphatic carbocycles. The van der Waals surface area contributed by atoms with E-state index in [9.17, 15) is 14.5 Å². The lowest BCUT2D eigenvalue weighted by Gasteiger charge is -2.21. The van der Waals surface area contributed by atoms with Gasteiger partial charge in [0, 0.05) is 19.1 Å². The van der Waals surface area contributed by atoms with Crippen LogP contribution in [0.3, 0.4) is 0 Å². The van der Waals surface area contributed by atoms with E-state index in [-0.39, 0.29) is 44.1 Å². The number of hydrogen-bond donors (Lipinski definition) is 1. The second kappa shape index (κ2) is 11.2. The maximum atomic E-state index is 13.5. The summed E-state index contributed by atoms with van der Waals surface area (Å²) in [6.07, 6.45) is 0.209. The molecular formula is C22H22ClN2O7PS. The second-order valence-corrected chi connectivity index (χ2v) is 10.3. The fourth-order valence-electron chi connectivity index (χ4n) is 3.16. The number of benzene rings is 2. The summed E-state index contributed by atoms with van der Waals surface area (Å²) in [5.41, 5.74) is 0.971. The van der Waals surface area contributed by atoms with Crippen molar-refractivity contribution in [3.8, 4) is 11.8 Å². The minimum absolute atomic E-state index is 0.0828. The Balaban J connectivity index is 2.25. The van der Waals surface area contributed by atoms with Crippen molar-refractivity contribution in [3.05, 3.63) is 64.2 Å². The Labute approximate surface area is 205 Å². The number of halogens is 1. The summed E-state index contributed by atoms with van der Waals surface area (Å²) >= 11 is 7.55. The monoisotopic (exact) mass is 524 g/mol. The lowest BCUT2D eigenvalue weighted by molar-refractivity contribution is 0.0693. The molecular weight excluding hydrogens is 503 g/mol. The first-order valence-electron chi connectivity index (χ1n) is 9.75.